The summed E-state index contributed by atoms with van der Waals surface area (Å²) < 4.78 is 2.26. The van der Waals surface area contributed by atoms with Crippen molar-refractivity contribution in [3.8, 4) is 0 Å². The Kier molecular flexibility index (Phi) is 6.57. The van der Waals surface area contributed by atoms with E-state index in [2.05, 4.69) is 21.6 Å². The summed E-state index contributed by atoms with van der Waals surface area (Å²) in [6, 6.07) is 25.7. The van der Waals surface area contributed by atoms with Crippen molar-refractivity contribution in [1.29, 1.82) is 0 Å². The molecular weight excluding hydrogens is 410 g/mol. The fourth-order valence-corrected chi connectivity index (χ4v) is 5.00. The van der Waals surface area contributed by atoms with Crippen molar-refractivity contribution >= 4 is 44.9 Å². The van der Waals surface area contributed by atoms with E-state index in [1.165, 1.54) is 4.70 Å². The van der Waals surface area contributed by atoms with Crippen LogP contribution in [0, 0.1) is 0 Å². The van der Waals surface area contributed by atoms with Gasteiger partial charge < -0.3 is 0 Å². The first-order valence-corrected chi connectivity index (χ1v) is 11.5. The summed E-state index contributed by atoms with van der Waals surface area (Å²) in [5.74, 6) is 0.607. The van der Waals surface area contributed by atoms with Crippen LogP contribution in [0.25, 0.3) is 10.2 Å². The Hall–Kier alpha value is -2.96. The lowest BCUT2D eigenvalue weighted by atomic mass is 10.1. The van der Waals surface area contributed by atoms with Gasteiger partial charge in [0.15, 0.2) is 4.34 Å². The number of carbonyl (C=O) groups excluding carboxylic acids is 1. The van der Waals surface area contributed by atoms with Crippen LogP contribution in [-0.4, -0.2) is 16.6 Å². The van der Waals surface area contributed by atoms with E-state index < -0.39 is 0 Å². The SMILES string of the molecule is CC/C(=N/NC(=O)c1ccc(CSc2nc3ccccc3s2)cc1)c1ccccc1. The average molecular weight is 432 g/mol. The topological polar surface area (TPSA) is 54.4 Å². The Morgan fingerprint density at radius 2 is 1.70 bits per heavy atom. The van der Waals surface area contributed by atoms with Crippen LogP contribution in [0.2, 0.25) is 0 Å². The van der Waals surface area contributed by atoms with Crippen molar-refractivity contribution in [3.05, 3.63) is 95.6 Å². The van der Waals surface area contributed by atoms with Crippen molar-refractivity contribution in [1.82, 2.24) is 10.4 Å². The second-order valence-electron chi connectivity index (χ2n) is 6.65. The summed E-state index contributed by atoms with van der Waals surface area (Å²) in [6.07, 6.45) is 0.742. The molecule has 0 spiro atoms. The predicted molar refractivity (Wildman–Crippen MR) is 126 cm³/mol. The van der Waals surface area contributed by atoms with Gasteiger partial charge in [-0.15, -0.1) is 11.3 Å². The van der Waals surface area contributed by atoms with Gasteiger partial charge in [-0.1, -0.05) is 73.3 Å². The van der Waals surface area contributed by atoms with Crippen LogP contribution in [0.15, 0.2) is 88.3 Å². The highest BCUT2D eigenvalue weighted by molar-refractivity contribution is 8.00. The van der Waals surface area contributed by atoms with Crippen molar-refractivity contribution in [2.45, 2.75) is 23.4 Å². The quantitative estimate of drug-likeness (QED) is 0.217. The number of rotatable bonds is 7. The van der Waals surface area contributed by atoms with E-state index in [9.17, 15) is 4.79 Å². The molecule has 3 aromatic carbocycles. The fraction of sp³-hybridized carbons (Fsp3) is 0.125. The van der Waals surface area contributed by atoms with Gasteiger partial charge in [0.1, 0.15) is 0 Å². The van der Waals surface area contributed by atoms with Gasteiger partial charge in [-0.25, -0.2) is 10.4 Å². The van der Waals surface area contributed by atoms with E-state index in [4.69, 9.17) is 0 Å². The molecule has 4 rings (SSSR count). The number of hydrogen-bond donors (Lipinski definition) is 1. The first kappa shape index (κ1) is 20.3. The van der Waals surface area contributed by atoms with E-state index in [1.807, 2.05) is 79.7 Å². The van der Waals surface area contributed by atoms with Crippen LogP contribution >= 0.6 is 23.1 Å². The Balaban J connectivity index is 1.36. The molecule has 1 aromatic heterocycles. The number of hydrazone groups is 1. The molecule has 0 aliphatic rings. The number of benzene rings is 3. The van der Waals surface area contributed by atoms with Gasteiger partial charge in [-0.2, -0.15) is 5.10 Å². The highest BCUT2D eigenvalue weighted by Crippen LogP contribution is 2.31. The lowest BCUT2D eigenvalue weighted by molar-refractivity contribution is 0.0955. The fourth-order valence-electron chi connectivity index (χ4n) is 2.97. The maximum Gasteiger partial charge on any atom is 0.271 e. The highest BCUT2D eigenvalue weighted by Gasteiger charge is 2.08. The third kappa shape index (κ3) is 4.96. The van der Waals surface area contributed by atoms with Crippen LogP contribution in [-0.2, 0) is 5.75 Å². The smallest absolute Gasteiger partial charge is 0.267 e. The van der Waals surface area contributed by atoms with Crippen molar-refractivity contribution in [3.63, 3.8) is 0 Å². The molecule has 0 aliphatic carbocycles. The van der Waals surface area contributed by atoms with Gasteiger partial charge in [0.2, 0.25) is 0 Å². The van der Waals surface area contributed by atoms with E-state index in [-0.39, 0.29) is 5.91 Å². The van der Waals surface area contributed by atoms with Crippen LogP contribution in [0.1, 0.15) is 34.8 Å². The van der Waals surface area contributed by atoms with Crippen LogP contribution in [0.5, 0.6) is 0 Å². The number of thioether (sulfide) groups is 1. The minimum atomic E-state index is -0.206. The predicted octanol–water partition coefficient (Wildman–Crippen LogP) is 6.13. The number of nitrogens with one attached hydrogen (secondary N) is 1. The zero-order valence-electron chi connectivity index (χ0n) is 16.5. The molecule has 4 aromatic rings. The number of hydrogen-bond acceptors (Lipinski definition) is 5. The van der Waals surface area contributed by atoms with Gasteiger partial charge in [-0.3, -0.25) is 4.79 Å². The molecule has 150 valence electrons. The maximum absolute atomic E-state index is 12.5. The molecule has 4 nitrogen and oxygen atoms in total. The first-order chi connectivity index (χ1) is 14.7. The normalized spacial score (nSPS) is 11.6. The molecule has 0 fully saturated rings. The Bertz CT molecular complexity index is 1140. The van der Waals surface area contributed by atoms with Crippen LogP contribution < -0.4 is 5.43 Å². The lowest BCUT2D eigenvalue weighted by Gasteiger charge is -2.06. The molecule has 1 amide bonds. The molecule has 6 heteroatoms. The van der Waals surface area contributed by atoms with Crippen molar-refractivity contribution in [2.75, 3.05) is 0 Å². The lowest BCUT2D eigenvalue weighted by Crippen LogP contribution is -2.20. The summed E-state index contributed by atoms with van der Waals surface area (Å²) in [5.41, 5.74) is 7.33. The summed E-state index contributed by atoms with van der Waals surface area (Å²) in [7, 11) is 0. The van der Waals surface area contributed by atoms with Gasteiger partial charge in [0, 0.05) is 11.3 Å². The second-order valence-corrected chi connectivity index (χ2v) is 8.91. The standard InChI is InChI=1S/C24H21N3OS2/c1-2-20(18-8-4-3-5-9-18)26-27-23(28)19-14-12-17(13-15-19)16-29-24-25-21-10-6-7-11-22(21)30-24/h3-15H,2,16H2,1H3,(H,27,28)/b26-20-. The molecule has 30 heavy (non-hydrogen) atoms. The van der Waals surface area contributed by atoms with Crippen LogP contribution in [0.4, 0.5) is 0 Å². The highest BCUT2D eigenvalue weighted by atomic mass is 32.2. The van der Waals surface area contributed by atoms with E-state index >= 15 is 0 Å². The van der Waals surface area contributed by atoms with Gasteiger partial charge in [0.25, 0.3) is 5.91 Å². The Morgan fingerprint density at radius 1 is 0.967 bits per heavy atom. The Labute approximate surface area is 184 Å². The third-order valence-corrected chi connectivity index (χ3v) is 6.84. The van der Waals surface area contributed by atoms with Gasteiger partial charge in [-0.05, 0) is 41.8 Å². The van der Waals surface area contributed by atoms with E-state index in [1.54, 1.807) is 23.1 Å². The van der Waals surface area contributed by atoms with Crippen molar-refractivity contribution < 1.29 is 4.79 Å². The van der Waals surface area contributed by atoms with Crippen molar-refractivity contribution in [2.24, 2.45) is 5.10 Å². The average Bonchev–Trinajstić information content (AvgIpc) is 3.22. The number of nitrogens with zero attached hydrogens (tertiary/aromatic N) is 2. The molecule has 0 aliphatic heterocycles. The summed E-state index contributed by atoms with van der Waals surface area (Å²) >= 11 is 3.42. The summed E-state index contributed by atoms with van der Waals surface area (Å²) in [5, 5.41) is 4.31. The third-order valence-electron chi connectivity index (χ3n) is 4.59. The largest absolute Gasteiger partial charge is 0.271 e. The molecule has 0 radical (unpaired) electrons. The molecule has 0 bridgehead atoms. The first-order valence-electron chi connectivity index (χ1n) is 9.72. The number of carbonyl (C=O) groups is 1. The zero-order valence-corrected chi connectivity index (χ0v) is 18.2. The van der Waals surface area contributed by atoms with E-state index in [0.29, 0.717) is 5.56 Å². The summed E-state index contributed by atoms with van der Waals surface area (Å²) in [6.45, 7) is 2.02. The van der Waals surface area contributed by atoms with Gasteiger partial charge in [0.05, 0.1) is 15.9 Å². The number of fused-ring (bicyclic) bond motifs is 1. The van der Waals surface area contributed by atoms with Gasteiger partial charge >= 0.3 is 0 Å². The monoisotopic (exact) mass is 431 g/mol. The minimum Gasteiger partial charge on any atom is -0.267 e. The molecule has 0 saturated heterocycles. The maximum atomic E-state index is 12.5. The molecule has 1 N–H and O–H groups in total. The molecular formula is C24H21N3OS2. The molecule has 0 saturated carbocycles. The number of thiazole rings is 1. The molecule has 0 unspecified atom stereocenters. The second kappa shape index (κ2) is 9.69. The van der Waals surface area contributed by atoms with Crippen LogP contribution in [0.3, 0.4) is 0 Å². The Morgan fingerprint density at radius 3 is 2.43 bits per heavy atom. The zero-order chi connectivity index (χ0) is 20.8. The molecule has 1 heterocycles. The number of aromatic nitrogens is 1. The summed E-state index contributed by atoms with van der Waals surface area (Å²) in [4.78, 5) is 17.1. The van der Waals surface area contributed by atoms with E-state index in [0.717, 1.165) is 38.9 Å². The minimum absolute atomic E-state index is 0.206. The number of para-hydroxylation sites is 1. The number of amides is 1. The molecule has 0 atom stereocenters.